The third-order valence-electron chi connectivity index (χ3n) is 7.46. The van der Waals surface area contributed by atoms with Crippen LogP contribution in [0, 0.1) is 5.41 Å². The molecule has 1 aromatic carbocycles. The predicted octanol–water partition coefficient (Wildman–Crippen LogP) is 1.02. The molecule has 3 rings (SSSR count). The monoisotopic (exact) mass is 660 g/mol. The van der Waals surface area contributed by atoms with Gasteiger partial charge in [-0.15, -0.1) is 11.3 Å². The maximum Gasteiger partial charge on any atom is 0.408 e. The molecule has 2 heterocycles. The van der Waals surface area contributed by atoms with Crippen LogP contribution in [0.2, 0.25) is 0 Å². The van der Waals surface area contributed by atoms with Gasteiger partial charge >= 0.3 is 6.09 Å². The molecule has 0 saturated carbocycles. The molecule has 1 aliphatic heterocycles. The van der Waals surface area contributed by atoms with Gasteiger partial charge in [0.25, 0.3) is 0 Å². The van der Waals surface area contributed by atoms with E-state index in [2.05, 4.69) is 20.9 Å². The van der Waals surface area contributed by atoms with Gasteiger partial charge in [-0.1, -0.05) is 12.1 Å². The van der Waals surface area contributed by atoms with Crippen LogP contribution in [0.1, 0.15) is 69.1 Å². The lowest BCUT2D eigenvalue weighted by Crippen LogP contribution is -2.55. The fourth-order valence-corrected chi connectivity index (χ4v) is 6.06. The minimum Gasteiger partial charge on any atom is -0.444 e. The van der Waals surface area contributed by atoms with Crippen molar-refractivity contribution in [2.45, 2.75) is 89.3 Å². The van der Waals surface area contributed by atoms with Crippen molar-refractivity contribution in [2.24, 2.45) is 17.2 Å². The highest BCUT2D eigenvalue weighted by Gasteiger charge is 2.39. The van der Waals surface area contributed by atoms with Crippen LogP contribution in [0.4, 0.5) is 4.79 Å². The van der Waals surface area contributed by atoms with Gasteiger partial charge in [0.2, 0.25) is 17.6 Å². The number of rotatable bonds is 15. The van der Waals surface area contributed by atoms with Crippen LogP contribution in [0.5, 0.6) is 0 Å². The van der Waals surface area contributed by atoms with E-state index in [0.29, 0.717) is 57.3 Å². The lowest BCUT2D eigenvalue weighted by molar-refractivity contribution is -0.140. The van der Waals surface area contributed by atoms with Gasteiger partial charge < -0.3 is 42.8 Å². The number of ether oxygens (including phenoxy) is 1. The Hall–Kier alpha value is -3.86. The van der Waals surface area contributed by atoms with Crippen molar-refractivity contribution in [2.75, 3.05) is 26.7 Å². The quantitative estimate of drug-likeness (QED) is 0.0468. The fraction of sp³-hybridized carbons (Fsp3) is 0.600. The van der Waals surface area contributed by atoms with Crippen LogP contribution in [0.3, 0.4) is 0 Å². The number of ketones is 1. The number of likely N-dealkylation sites (tertiary alicyclic amines) is 1. The smallest absolute Gasteiger partial charge is 0.408 e. The van der Waals surface area contributed by atoms with Crippen LogP contribution in [0.25, 0.3) is 10.2 Å². The summed E-state index contributed by atoms with van der Waals surface area (Å²) in [5, 5.41) is 15.9. The van der Waals surface area contributed by atoms with Crippen LogP contribution < -0.4 is 33.2 Å². The highest BCUT2D eigenvalue weighted by atomic mass is 32.1. The van der Waals surface area contributed by atoms with E-state index in [0.717, 1.165) is 4.70 Å². The minimum absolute atomic E-state index is 0.202. The molecule has 0 unspecified atom stereocenters. The molecule has 1 fully saturated rings. The summed E-state index contributed by atoms with van der Waals surface area (Å²) in [7, 11) is 1.77. The van der Waals surface area contributed by atoms with Crippen LogP contribution in [0.15, 0.2) is 24.3 Å². The molecule has 2 aromatic rings. The van der Waals surface area contributed by atoms with Gasteiger partial charge in [0.1, 0.15) is 24.0 Å². The van der Waals surface area contributed by atoms with Gasteiger partial charge in [-0.05, 0) is 78.5 Å². The van der Waals surface area contributed by atoms with Gasteiger partial charge in [0.05, 0.1) is 16.3 Å². The number of carbonyl (C=O) groups excluding carboxylic acids is 4. The number of alkyl carbamates (subject to hydrolysis) is 1. The highest BCUT2D eigenvalue weighted by Crippen LogP contribution is 2.25. The SMILES string of the molecule is CN(CCC[C@H](NC(=O)[C@@H]1CCCN1C(=O)[C@@H](CCCNC(=N)N)NC(=O)OC(C)(C)C)C(=O)c1nc2ccccc2s1)C(N)N. The topological polar surface area (TPSA) is 235 Å². The number of benzene rings is 1. The summed E-state index contributed by atoms with van der Waals surface area (Å²) in [4.78, 5) is 61.7. The molecule has 1 aromatic heterocycles. The molecule has 16 heteroatoms. The minimum atomic E-state index is -0.979. The van der Waals surface area contributed by atoms with E-state index < -0.39 is 47.9 Å². The Morgan fingerprint density at radius 3 is 2.48 bits per heavy atom. The van der Waals surface area contributed by atoms with Gasteiger partial charge in [0, 0.05) is 19.6 Å². The summed E-state index contributed by atoms with van der Waals surface area (Å²) in [5.74, 6) is -1.40. The second-order valence-corrected chi connectivity index (χ2v) is 13.4. The number of nitrogens with one attached hydrogen (secondary N) is 4. The maximum absolute atomic E-state index is 13.8. The molecule has 3 amide bonds. The number of hydrogen-bond acceptors (Lipinski definition) is 11. The molecule has 1 saturated heterocycles. The predicted molar refractivity (Wildman–Crippen MR) is 177 cm³/mol. The molecule has 15 nitrogen and oxygen atoms in total. The van der Waals surface area contributed by atoms with Crippen LogP contribution in [-0.2, 0) is 14.3 Å². The highest BCUT2D eigenvalue weighted by molar-refractivity contribution is 7.20. The Labute approximate surface area is 273 Å². The summed E-state index contributed by atoms with van der Waals surface area (Å²) in [6.07, 6.45) is 1.02. The molecule has 10 N–H and O–H groups in total. The van der Waals surface area contributed by atoms with Crippen molar-refractivity contribution in [3.05, 3.63) is 29.3 Å². The number of carbonyl (C=O) groups is 4. The van der Waals surface area contributed by atoms with Gasteiger partial charge in [-0.3, -0.25) is 24.7 Å². The van der Waals surface area contributed by atoms with E-state index in [9.17, 15) is 19.2 Å². The molecule has 0 bridgehead atoms. The van der Waals surface area contributed by atoms with Gasteiger partial charge in [-0.2, -0.15) is 0 Å². The van der Waals surface area contributed by atoms with E-state index in [-0.39, 0.29) is 23.2 Å². The number of guanidine groups is 1. The van der Waals surface area contributed by atoms with E-state index in [1.165, 1.54) is 16.2 Å². The Morgan fingerprint density at radius 2 is 1.83 bits per heavy atom. The summed E-state index contributed by atoms with van der Waals surface area (Å²) in [5.41, 5.74) is 16.8. The third-order valence-corrected chi connectivity index (χ3v) is 8.51. The Kier molecular flexibility index (Phi) is 13.2. The number of nitrogens with two attached hydrogens (primary N) is 3. The number of aromatic nitrogens is 1. The molecule has 1 aliphatic rings. The molecule has 46 heavy (non-hydrogen) atoms. The molecule has 0 spiro atoms. The number of thiazole rings is 1. The number of nitrogens with zero attached hydrogens (tertiary/aromatic N) is 3. The Balaban J connectivity index is 1.77. The summed E-state index contributed by atoms with van der Waals surface area (Å²) in [6, 6.07) is 4.72. The second kappa shape index (κ2) is 16.6. The standard InChI is InChI=1S/C30H48N10O5S/c1-30(2,3)45-29(44)38-20(11-7-15-35-27(31)32)26(43)40-17-9-13-21(40)24(42)36-19(12-8-16-39(4)28(33)34)23(41)25-37-18-10-5-6-14-22(18)46-25/h5-6,10,14,19-21,28H,7-9,11-13,15-17,33-34H2,1-4H3,(H,36,42)(H,38,44)(H4,31,32,35)/t19-,20+,21-/m0/s1. The number of amides is 3. The summed E-state index contributed by atoms with van der Waals surface area (Å²) in [6.45, 7) is 6.28. The summed E-state index contributed by atoms with van der Waals surface area (Å²) >= 11 is 1.26. The molecule has 254 valence electrons. The van der Waals surface area contributed by atoms with Gasteiger partial charge in [0.15, 0.2) is 11.0 Å². The van der Waals surface area contributed by atoms with Crippen molar-refractivity contribution >= 4 is 51.2 Å². The first-order valence-corrected chi connectivity index (χ1v) is 16.3. The molecule has 3 atom stereocenters. The van der Waals surface area contributed by atoms with Crippen molar-refractivity contribution < 1.29 is 23.9 Å². The van der Waals surface area contributed by atoms with Crippen LogP contribution >= 0.6 is 11.3 Å². The number of Topliss-reactive ketones (excluding diaryl/α,β-unsaturated/α-hetero) is 1. The van der Waals surface area contributed by atoms with Crippen molar-refractivity contribution in [3.8, 4) is 0 Å². The lowest BCUT2D eigenvalue weighted by atomic mass is 10.0. The Bertz CT molecular complexity index is 1340. The molecular formula is C30H48N10O5S. The first kappa shape index (κ1) is 36.6. The van der Waals surface area contributed by atoms with Gasteiger partial charge in [-0.25, -0.2) is 9.78 Å². The number of hydrogen-bond donors (Lipinski definition) is 7. The van der Waals surface area contributed by atoms with Crippen LogP contribution in [-0.4, -0.2) is 101 Å². The van der Waals surface area contributed by atoms with Crippen molar-refractivity contribution in [3.63, 3.8) is 0 Å². The first-order valence-electron chi connectivity index (χ1n) is 15.5. The fourth-order valence-electron chi connectivity index (χ4n) is 5.10. The van der Waals surface area contributed by atoms with E-state index in [1.807, 2.05) is 24.3 Å². The lowest BCUT2D eigenvalue weighted by Gasteiger charge is -2.30. The molecular weight excluding hydrogens is 612 g/mol. The molecule has 0 aliphatic carbocycles. The zero-order valence-electron chi connectivity index (χ0n) is 27.0. The largest absolute Gasteiger partial charge is 0.444 e. The Morgan fingerprint density at radius 1 is 1.13 bits per heavy atom. The van der Waals surface area contributed by atoms with E-state index in [1.54, 1.807) is 32.7 Å². The number of fused-ring (bicyclic) bond motifs is 1. The van der Waals surface area contributed by atoms with E-state index >= 15 is 0 Å². The van der Waals surface area contributed by atoms with Crippen molar-refractivity contribution in [1.29, 1.82) is 5.41 Å². The van der Waals surface area contributed by atoms with Crippen molar-refractivity contribution in [1.82, 2.24) is 30.7 Å². The molecule has 0 radical (unpaired) electrons. The first-order chi connectivity index (χ1) is 21.7. The average Bonchev–Trinajstić information content (AvgIpc) is 3.64. The second-order valence-electron chi connectivity index (χ2n) is 12.4. The van der Waals surface area contributed by atoms with E-state index in [4.69, 9.17) is 27.3 Å². The maximum atomic E-state index is 13.8. The number of para-hydroxylation sites is 1. The summed E-state index contributed by atoms with van der Waals surface area (Å²) < 4.78 is 6.24. The zero-order chi connectivity index (χ0) is 34.0. The zero-order valence-corrected chi connectivity index (χ0v) is 27.8. The third kappa shape index (κ3) is 10.9. The normalized spacial score (nSPS) is 16.3. The average molecular weight is 661 g/mol.